The van der Waals surface area contributed by atoms with Crippen molar-refractivity contribution in [3.8, 4) is 5.75 Å². The molecule has 5 nitrogen and oxygen atoms in total. The number of ether oxygens (including phenoxy) is 1. The zero-order chi connectivity index (χ0) is 19.4. The van der Waals surface area contributed by atoms with E-state index < -0.39 is 0 Å². The summed E-state index contributed by atoms with van der Waals surface area (Å²) in [5.74, 6) is 1.00. The van der Waals surface area contributed by atoms with E-state index >= 15 is 0 Å². The highest BCUT2D eigenvalue weighted by molar-refractivity contribution is 5.94. The van der Waals surface area contributed by atoms with Crippen LogP contribution in [0.4, 0.5) is 5.69 Å². The molecule has 0 spiro atoms. The first-order chi connectivity index (χ1) is 13.0. The molecule has 0 bridgehead atoms. The standard InChI is InChI=1S/C22H29N3O2/c1-17-15-24(16-18-6-5-7-21(14-18)27-4)12-13-25(17)22(26)19-8-10-20(11-9-19)23(2)3/h5-11,14,17H,12-13,15-16H2,1-4H3/t17-/m0/s1. The maximum absolute atomic E-state index is 12.9. The number of carbonyl (C=O) groups excluding carboxylic acids is 1. The van der Waals surface area contributed by atoms with Crippen LogP contribution < -0.4 is 9.64 Å². The van der Waals surface area contributed by atoms with Crippen LogP contribution in [0, 0.1) is 0 Å². The van der Waals surface area contributed by atoms with E-state index in [4.69, 9.17) is 4.74 Å². The van der Waals surface area contributed by atoms with Gasteiger partial charge in [0.1, 0.15) is 5.75 Å². The molecule has 1 fully saturated rings. The number of carbonyl (C=O) groups is 1. The summed E-state index contributed by atoms with van der Waals surface area (Å²) < 4.78 is 5.31. The molecule has 2 aromatic rings. The number of amides is 1. The van der Waals surface area contributed by atoms with Gasteiger partial charge in [-0.1, -0.05) is 12.1 Å². The summed E-state index contributed by atoms with van der Waals surface area (Å²) in [7, 11) is 5.69. The zero-order valence-electron chi connectivity index (χ0n) is 16.7. The summed E-state index contributed by atoms with van der Waals surface area (Å²) in [5, 5.41) is 0. The molecule has 1 atom stereocenters. The van der Waals surface area contributed by atoms with Crippen molar-refractivity contribution in [2.24, 2.45) is 0 Å². The lowest BCUT2D eigenvalue weighted by Gasteiger charge is -2.40. The molecule has 1 aliphatic heterocycles. The van der Waals surface area contributed by atoms with Crippen LogP contribution in [0.3, 0.4) is 0 Å². The predicted molar refractivity (Wildman–Crippen MR) is 110 cm³/mol. The van der Waals surface area contributed by atoms with Crippen LogP contribution in [0.25, 0.3) is 0 Å². The number of hydrogen-bond donors (Lipinski definition) is 0. The summed E-state index contributed by atoms with van der Waals surface area (Å²) in [6, 6.07) is 16.2. The van der Waals surface area contributed by atoms with Crippen molar-refractivity contribution in [3.05, 3.63) is 59.7 Å². The van der Waals surface area contributed by atoms with Crippen molar-refractivity contribution in [2.45, 2.75) is 19.5 Å². The number of benzene rings is 2. The van der Waals surface area contributed by atoms with Gasteiger partial charge in [-0.25, -0.2) is 0 Å². The molecule has 1 heterocycles. The molecule has 0 aliphatic carbocycles. The van der Waals surface area contributed by atoms with Crippen LogP contribution in [0.2, 0.25) is 0 Å². The fraction of sp³-hybridized carbons (Fsp3) is 0.409. The molecule has 1 amide bonds. The predicted octanol–water partition coefficient (Wildman–Crippen LogP) is 3.11. The largest absolute Gasteiger partial charge is 0.497 e. The van der Waals surface area contributed by atoms with E-state index in [0.717, 1.165) is 43.2 Å². The van der Waals surface area contributed by atoms with Gasteiger partial charge >= 0.3 is 0 Å². The molecule has 3 rings (SSSR count). The fourth-order valence-corrected chi connectivity index (χ4v) is 3.58. The molecule has 1 saturated heterocycles. The third-order valence-electron chi connectivity index (χ3n) is 5.14. The minimum absolute atomic E-state index is 0.119. The van der Waals surface area contributed by atoms with Gasteiger partial charge in [0.2, 0.25) is 0 Å². The van der Waals surface area contributed by atoms with Gasteiger partial charge in [-0.05, 0) is 48.9 Å². The summed E-state index contributed by atoms with van der Waals surface area (Å²) in [6.07, 6.45) is 0. The summed E-state index contributed by atoms with van der Waals surface area (Å²) in [6.45, 7) is 5.51. The summed E-state index contributed by atoms with van der Waals surface area (Å²) in [4.78, 5) is 19.3. The second-order valence-electron chi connectivity index (χ2n) is 7.38. The monoisotopic (exact) mass is 367 g/mol. The highest BCUT2D eigenvalue weighted by Crippen LogP contribution is 2.20. The molecule has 0 N–H and O–H groups in total. The highest BCUT2D eigenvalue weighted by atomic mass is 16.5. The molecular formula is C22H29N3O2. The lowest BCUT2D eigenvalue weighted by molar-refractivity contribution is 0.0475. The van der Waals surface area contributed by atoms with Crippen molar-refractivity contribution in [2.75, 3.05) is 45.7 Å². The fourth-order valence-electron chi connectivity index (χ4n) is 3.58. The quantitative estimate of drug-likeness (QED) is 0.814. The maximum Gasteiger partial charge on any atom is 0.254 e. The van der Waals surface area contributed by atoms with Crippen LogP contribution in [0.5, 0.6) is 5.75 Å². The molecule has 0 aromatic heterocycles. The van der Waals surface area contributed by atoms with E-state index in [0.29, 0.717) is 0 Å². The van der Waals surface area contributed by atoms with Crippen LogP contribution in [-0.4, -0.2) is 62.6 Å². The maximum atomic E-state index is 12.9. The third kappa shape index (κ3) is 4.61. The van der Waals surface area contributed by atoms with Crippen LogP contribution >= 0.6 is 0 Å². The van der Waals surface area contributed by atoms with E-state index in [2.05, 4.69) is 24.0 Å². The van der Waals surface area contributed by atoms with Crippen molar-refractivity contribution >= 4 is 11.6 Å². The first-order valence-corrected chi connectivity index (χ1v) is 9.41. The van der Waals surface area contributed by atoms with Gasteiger partial charge in [-0.2, -0.15) is 0 Å². The Hall–Kier alpha value is -2.53. The minimum Gasteiger partial charge on any atom is -0.497 e. The minimum atomic E-state index is 0.119. The number of hydrogen-bond acceptors (Lipinski definition) is 4. The SMILES string of the molecule is COc1cccc(CN2CCN(C(=O)c3ccc(N(C)C)cc3)[C@@H](C)C2)c1. The van der Waals surface area contributed by atoms with Gasteiger partial charge in [0.25, 0.3) is 5.91 Å². The Balaban J connectivity index is 1.61. The van der Waals surface area contributed by atoms with E-state index in [1.54, 1.807) is 7.11 Å². The zero-order valence-corrected chi connectivity index (χ0v) is 16.7. The second-order valence-corrected chi connectivity index (χ2v) is 7.38. The summed E-state index contributed by atoms with van der Waals surface area (Å²) >= 11 is 0. The van der Waals surface area contributed by atoms with Gasteiger partial charge in [0, 0.05) is 57.6 Å². The molecule has 0 saturated carbocycles. The Morgan fingerprint density at radius 3 is 2.52 bits per heavy atom. The molecule has 1 aliphatic rings. The number of anilines is 1. The van der Waals surface area contributed by atoms with Gasteiger partial charge in [0.05, 0.1) is 7.11 Å². The van der Waals surface area contributed by atoms with Gasteiger partial charge in [-0.15, -0.1) is 0 Å². The van der Waals surface area contributed by atoms with Gasteiger partial charge in [0.15, 0.2) is 0 Å². The lowest BCUT2D eigenvalue weighted by Crippen LogP contribution is -2.53. The Bertz CT molecular complexity index is 773. The average Bonchev–Trinajstić information content (AvgIpc) is 2.68. The highest BCUT2D eigenvalue weighted by Gasteiger charge is 2.28. The van der Waals surface area contributed by atoms with Gasteiger partial charge < -0.3 is 14.5 Å². The van der Waals surface area contributed by atoms with Crippen LogP contribution in [0.15, 0.2) is 48.5 Å². The van der Waals surface area contributed by atoms with Crippen molar-refractivity contribution < 1.29 is 9.53 Å². The Morgan fingerprint density at radius 2 is 1.89 bits per heavy atom. The van der Waals surface area contributed by atoms with E-state index in [1.807, 2.05) is 60.3 Å². The number of rotatable bonds is 5. The number of piperazine rings is 1. The molecule has 0 unspecified atom stereocenters. The molecule has 0 radical (unpaired) electrons. The Morgan fingerprint density at radius 1 is 1.15 bits per heavy atom. The molecule has 144 valence electrons. The van der Waals surface area contributed by atoms with E-state index in [-0.39, 0.29) is 11.9 Å². The average molecular weight is 367 g/mol. The lowest BCUT2D eigenvalue weighted by atomic mass is 10.1. The molecular weight excluding hydrogens is 338 g/mol. The van der Waals surface area contributed by atoms with E-state index in [1.165, 1.54) is 5.56 Å². The first kappa shape index (κ1) is 19.2. The number of nitrogens with zero attached hydrogens (tertiary/aromatic N) is 3. The van der Waals surface area contributed by atoms with Crippen LogP contribution in [-0.2, 0) is 6.54 Å². The third-order valence-corrected chi connectivity index (χ3v) is 5.14. The Labute approximate surface area is 162 Å². The van der Waals surface area contributed by atoms with E-state index in [9.17, 15) is 4.79 Å². The number of methoxy groups -OCH3 is 1. The van der Waals surface area contributed by atoms with Crippen molar-refractivity contribution in [3.63, 3.8) is 0 Å². The van der Waals surface area contributed by atoms with Crippen LogP contribution in [0.1, 0.15) is 22.8 Å². The Kier molecular flexibility index (Phi) is 6.01. The van der Waals surface area contributed by atoms with Crippen molar-refractivity contribution in [1.82, 2.24) is 9.80 Å². The second kappa shape index (κ2) is 8.44. The first-order valence-electron chi connectivity index (χ1n) is 9.41. The normalized spacial score (nSPS) is 17.6. The summed E-state index contributed by atoms with van der Waals surface area (Å²) in [5.41, 5.74) is 3.09. The van der Waals surface area contributed by atoms with Crippen molar-refractivity contribution in [1.29, 1.82) is 0 Å². The smallest absolute Gasteiger partial charge is 0.254 e. The molecule has 5 heteroatoms. The molecule has 27 heavy (non-hydrogen) atoms. The van der Waals surface area contributed by atoms with Gasteiger partial charge in [-0.3, -0.25) is 9.69 Å². The molecule has 2 aromatic carbocycles. The topological polar surface area (TPSA) is 36.0 Å².